The first-order chi connectivity index (χ1) is 6.33. The Morgan fingerprint density at radius 2 is 2.38 bits per heavy atom. The molecule has 66 valence electrons. The minimum absolute atomic E-state index is 0.975. The molecule has 2 nitrogen and oxygen atoms in total. The predicted molar refractivity (Wildman–Crippen MR) is 59.3 cm³/mol. The van der Waals surface area contributed by atoms with Gasteiger partial charge in [0.15, 0.2) is 0 Å². The van der Waals surface area contributed by atoms with Crippen LogP contribution in [0.15, 0.2) is 24.8 Å². The van der Waals surface area contributed by atoms with Crippen LogP contribution < -0.4 is 5.32 Å². The van der Waals surface area contributed by atoms with E-state index in [2.05, 4.69) is 22.9 Å². The lowest BCUT2D eigenvalue weighted by atomic mass is 10.3. The highest BCUT2D eigenvalue weighted by Gasteiger charge is 2.00. The molecule has 0 atom stereocenters. The molecule has 2 rings (SSSR count). The molecular formula is C10H10N2S. The molecule has 0 aliphatic rings. The number of hydrogen-bond donors (Lipinski definition) is 1. The van der Waals surface area contributed by atoms with Crippen LogP contribution in [-0.2, 0) is 0 Å². The molecule has 0 radical (unpaired) electrons. The van der Waals surface area contributed by atoms with E-state index < -0.39 is 0 Å². The maximum Gasteiger partial charge on any atom is 0.116 e. The van der Waals surface area contributed by atoms with Crippen molar-refractivity contribution >= 4 is 33.3 Å². The van der Waals surface area contributed by atoms with Gasteiger partial charge in [-0.15, -0.1) is 11.3 Å². The molecule has 3 heteroatoms. The molecule has 0 aliphatic heterocycles. The van der Waals surface area contributed by atoms with Crippen LogP contribution in [0.1, 0.15) is 5.01 Å². The summed E-state index contributed by atoms with van der Waals surface area (Å²) in [6.45, 7) is 3.70. The minimum Gasteiger partial charge on any atom is -0.388 e. The summed E-state index contributed by atoms with van der Waals surface area (Å²) in [5, 5.41) is 4.06. The summed E-state index contributed by atoms with van der Waals surface area (Å²) in [6, 6.07) is 6.16. The van der Waals surface area contributed by atoms with Gasteiger partial charge in [0.05, 0.1) is 10.2 Å². The summed E-state index contributed by atoms with van der Waals surface area (Å²) < 4.78 is 1.20. The lowest BCUT2D eigenvalue weighted by Crippen LogP contribution is -1.85. The van der Waals surface area contributed by atoms with Crippen LogP contribution >= 0.6 is 11.3 Å². The van der Waals surface area contributed by atoms with Crippen molar-refractivity contribution in [2.24, 2.45) is 0 Å². The Balaban J connectivity index is 2.63. The zero-order valence-corrected chi connectivity index (χ0v) is 8.19. The van der Waals surface area contributed by atoms with Crippen molar-refractivity contribution in [1.82, 2.24) is 4.98 Å². The molecule has 0 saturated carbocycles. The average Bonchev–Trinajstić information content (AvgIpc) is 2.58. The van der Waals surface area contributed by atoms with Crippen molar-refractivity contribution < 1.29 is 0 Å². The van der Waals surface area contributed by atoms with Crippen molar-refractivity contribution in [3.63, 3.8) is 0 Å². The van der Waals surface area contributed by atoms with E-state index in [1.807, 2.05) is 19.2 Å². The van der Waals surface area contributed by atoms with Gasteiger partial charge in [-0.3, -0.25) is 0 Å². The smallest absolute Gasteiger partial charge is 0.116 e. The van der Waals surface area contributed by atoms with Gasteiger partial charge in [-0.2, -0.15) is 0 Å². The number of hydrogen-bond acceptors (Lipinski definition) is 3. The van der Waals surface area contributed by atoms with Gasteiger partial charge in [-0.05, 0) is 24.3 Å². The number of fused-ring (bicyclic) bond motifs is 1. The normalized spacial score (nSPS) is 10.2. The van der Waals surface area contributed by atoms with E-state index in [4.69, 9.17) is 0 Å². The summed E-state index contributed by atoms with van der Waals surface area (Å²) in [7, 11) is 1.90. The van der Waals surface area contributed by atoms with Gasteiger partial charge in [0, 0.05) is 12.7 Å². The summed E-state index contributed by atoms with van der Waals surface area (Å²) in [5.74, 6) is 0. The predicted octanol–water partition coefficient (Wildman–Crippen LogP) is 2.98. The highest BCUT2D eigenvalue weighted by atomic mass is 32.1. The molecule has 0 amide bonds. The largest absolute Gasteiger partial charge is 0.388 e. The number of nitrogens with one attached hydrogen (secondary N) is 1. The molecule has 0 saturated heterocycles. The van der Waals surface area contributed by atoms with Crippen LogP contribution in [0.4, 0.5) is 5.69 Å². The van der Waals surface area contributed by atoms with Gasteiger partial charge in [0.1, 0.15) is 5.01 Å². The summed E-state index contributed by atoms with van der Waals surface area (Å²) in [4.78, 5) is 4.40. The molecule has 0 unspecified atom stereocenters. The van der Waals surface area contributed by atoms with Crippen molar-refractivity contribution in [1.29, 1.82) is 0 Å². The average molecular weight is 190 g/mol. The van der Waals surface area contributed by atoms with Gasteiger partial charge in [-0.25, -0.2) is 4.98 Å². The van der Waals surface area contributed by atoms with Crippen molar-refractivity contribution in [2.45, 2.75) is 0 Å². The number of anilines is 1. The van der Waals surface area contributed by atoms with E-state index in [1.165, 1.54) is 4.70 Å². The maximum absolute atomic E-state index is 4.40. The highest BCUT2D eigenvalue weighted by Crippen LogP contribution is 2.25. The number of benzene rings is 1. The van der Waals surface area contributed by atoms with Gasteiger partial charge >= 0.3 is 0 Å². The van der Waals surface area contributed by atoms with Gasteiger partial charge in [-0.1, -0.05) is 6.58 Å². The SMILES string of the molecule is C=Cc1nc2cc(NC)ccc2s1. The van der Waals surface area contributed by atoms with Crippen LogP contribution in [0.5, 0.6) is 0 Å². The zero-order chi connectivity index (χ0) is 9.26. The van der Waals surface area contributed by atoms with Crippen LogP contribution in [-0.4, -0.2) is 12.0 Å². The standard InChI is InChI=1S/C10H10N2S/c1-3-10-12-8-6-7(11-2)4-5-9(8)13-10/h3-6,11H,1H2,2H3. The quantitative estimate of drug-likeness (QED) is 0.787. The second-order valence-corrected chi connectivity index (χ2v) is 3.75. The summed E-state index contributed by atoms with van der Waals surface area (Å²) in [6.07, 6.45) is 1.78. The first-order valence-corrected chi connectivity index (χ1v) is 4.86. The fraction of sp³-hybridized carbons (Fsp3) is 0.100. The zero-order valence-electron chi connectivity index (χ0n) is 7.37. The fourth-order valence-corrected chi connectivity index (χ4v) is 1.99. The second-order valence-electron chi connectivity index (χ2n) is 2.69. The Labute approximate surface area is 80.9 Å². The Kier molecular flexibility index (Phi) is 2.02. The van der Waals surface area contributed by atoms with E-state index in [-0.39, 0.29) is 0 Å². The van der Waals surface area contributed by atoms with Gasteiger partial charge in [0.2, 0.25) is 0 Å². The molecule has 0 fully saturated rings. The molecule has 1 aromatic carbocycles. The first-order valence-electron chi connectivity index (χ1n) is 4.04. The number of aromatic nitrogens is 1. The van der Waals surface area contributed by atoms with Gasteiger partial charge < -0.3 is 5.32 Å². The topological polar surface area (TPSA) is 24.9 Å². The highest BCUT2D eigenvalue weighted by molar-refractivity contribution is 7.19. The molecule has 0 aliphatic carbocycles. The van der Waals surface area contributed by atoms with E-state index in [0.29, 0.717) is 0 Å². The van der Waals surface area contributed by atoms with Crippen molar-refractivity contribution in [3.8, 4) is 0 Å². The van der Waals surface area contributed by atoms with Crippen LogP contribution in [0.3, 0.4) is 0 Å². The molecular weight excluding hydrogens is 180 g/mol. The third kappa shape index (κ3) is 1.42. The minimum atomic E-state index is 0.975. The third-order valence-electron chi connectivity index (χ3n) is 1.87. The Morgan fingerprint density at radius 3 is 3.08 bits per heavy atom. The second kappa shape index (κ2) is 3.18. The Bertz CT molecular complexity index is 445. The molecule has 1 heterocycles. The lowest BCUT2D eigenvalue weighted by Gasteiger charge is -1.96. The summed E-state index contributed by atoms with van der Waals surface area (Å²) >= 11 is 1.66. The monoisotopic (exact) mass is 190 g/mol. The number of nitrogens with zero attached hydrogens (tertiary/aromatic N) is 1. The Morgan fingerprint density at radius 1 is 1.54 bits per heavy atom. The number of thiazole rings is 1. The molecule has 2 aromatic rings. The van der Waals surface area contributed by atoms with E-state index in [1.54, 1.807) is 17.4 Å². The van der Waals surface area contributed by atoms with E-state index in [9.17, 15) is 0 Å². The molecule has 0 bridgehead atoms. The van der Waals surface area contributed by atoms with Gasteiger partial charge in [0.25, 0.3) is 0 Å². The molecule has 0 spiro atoms. The Hall–Kier alpha value is -1.35. The van der Waals surface area contributed by atoms with Crippen LogP contribution in [0.2, 0.25) is 0 Å². The van der Waals surface area contributed by atoms with E-state index in [0.717, 1.165) is 16.2 Å². The maximum atomic E-state index is 4.40. The van der Waals surface area contributed by atoms with Crippen LogP contribution in [0, 0.1) is 0 Å². The molecule has 13 heavy (non-hydrogen) atoms. The van der Waals surface area contributed by atoms with Crippen LogP contribution in [0.25, 0.3) is 16.3 Å². The lowest BCUT2D eigenvalue weighted by molar-refractivity contribution is 1.45. The summed E-state index contributed by atoms with van der Waals surface area (Å²) in [5.41, 5.74) is 2.13. The number of rotatable bonds is 2. The molecule has 1 aromatic heterocycles. The molecule has 1 N–H and O–H groups in total. The van der Waals surface area contributed by atoms with Crippen molar-refractivity contribution in [2.75, 3.05) is 12.4 Å². The first kappa shape index (κ1) is 8.26. The third-order valence-corrected chi connectivity index (χ3v) is 2.90. The fourth-order valence-electron chi connectivity index (χ4n) is 1.19. The van der Waals surface area contributed by atoms with Crippen molar-refractivity contribution in [3.05, 3.63) is 29.8 Å². The van der Waals surface area contributed by atoms with E-state index >= 15 is 0 Å².